The Balaban J connectivity index is 1.22. The number of aromatic nitrogens is 1. The Morgan fingerprint density at radius 2 is 1.59 bits per heavy atom. The second kappa shape index (κ2) is 10.5. The lowest BCUT2D eigenvalue weighted by Gasteiger charge is -2.17. The summed E-state index contributed by atoms with van der Waals surface area (Å²) >= 11 is 0. The van der Waals surface area contributed by atoms with E-state index in [0.29, 0.717) is 5.75 Å². The van der Waals surface area contributed by atoms with Gasteiger partial charge in [-0.15, -0.1) is 0 Å². The monoisotopic (exact) mass is 494 g/mol. The third-order valence-corrected chi connectivity index (χ3v) is 6.59. The number of nitrogens with one attached hydrogen (secondary N) is 1. The van der Waals surface area contributed by atoms with Gasteiger partial charge in [-0.25, -0.2) is 9.59 Å². The summed E-state index contributed by atoms with van der Waals surface area (Å²) in [7, 11) is 1.60. The summed E-state index contributed by atoms with van der Waals surface area (Å²) in [4.78, 5) is 28.9. The van der Waals surface area contributed by atoms with E-state index in [4.69, 9.17) is 9.47 Å². The third-order valence-electron chi connectivity index (χ3n) is 6.59. The van der Waals surface area contributed by atoms with Crippen LogP contribution in [-0.4, -0.2) is 41.9 Å². The summed E-state index contributed by atoms with van der Waals surface area (Å²) in [6.07, 6.45) is 1.03. The molecule has 4 aromatic rings. The Kier molecular flexibility index (Phi) is 6.85. The lowest BCUT2D eigenvalue weighted by Crippen LogP contribution is -2.42. The molecule has 1 aliphatic rings. The van der Waals surface area contributed by atoms with Gasteiger partial charge in [0.1, 0.15) is 18.4 Å². The molecule has 0 aliphatic heterocycles. The van der Waals surface area contributed by atoms with Crippen LogP contribution in [-0.2, 0) is 16.0 Å². The summed E-state index contributed by atoms with van der Waals surface area (Å²) in [5.41, 5.74) is 6.83. The van der Waals surface area contributed by atoms with Gasteiger partial charge in [0.05, 0.1) is 12.8 Å². The Bertz CT molecular complexity index is 1390. The number of ether oxygens (including phenoxy) is 2. The molecule has 186 valence electrons. The van der Waals surface area contributed by atoms with Crippen LogP contribution in [0.2, 0.25) is 0 Å². The molecule has 1 aliphatic carbocycles. The second-order valence-corrected chi connectivity index (χ2v) is 8.84. The van der Waals surface area contributed by atoms with Crippen LogP contribution in [0.3, 0.4) is 0 Å². The van der Waals surface area contributed by atoms with Gasteiger partial charge in [0.15, 0.2) is 0 Å². The van der Waals surface area contributed by atoms with Crippen LogP contribution in [0.15, 0.2) is 91.1 Å². The lowest BCUT2D eigenvalue weighted by atomic mass is 9.98. The molecule has 0 bridgehead atoms. The van der Waals surface area contributed by atoms with Crippen LogP contribution >= 0.6 is 0 Å². The molecule has 0 unspecified atom stereocenters. The number of benzene rings is 3. The smallest absolute Gasteiger partial charge is 0.407 e. The number of methoxy groups -OCH3 is 1. The molecule has 0 radical (unpaired) electrons. The van der Waals surface area contributed by atoms with Gasteiger partial charge in [0.25, 0.3) is 0 Å². The zero-order valence-electron chi connectivity index (χ0n) is 20.3. The van der Waals surface area contributed by atoms with Gasteiger partial charge in [-0.1, -0.05) is 72.8 Å². The van der Waals surface area contributed by atoms with Crippen LogP contribution in [0.4, 0.5) is 4.79 Å². The summed E-state index contributed by atoms with van der Waals surface area (Å²) < 4.78 is 10.8. The van der Waals surface area contributed by atoms with Gasteiger partial charge >= 0.3 is 12.1 Å². The molecule has 1 atom stereocenters. The molecule has 2 N–H and O–H groups in total. The van der Waals surface area contributed by atoms with E-state index < -0.39 is 18.1 Å². The first-order chi connectivity index (χ1) is 18.0. The summed E-state index contributed by atoms with van der Waals surface area (Å²) in [5.74, 6) is -0.529. The molecule has 5 rings (SSSR count). The maximum atomic E-state index is 12.6. The molecule has 37 heavy (non-hydrogen) atoms. The highest BCUT2D eigenvalue weighted by Crippen LogP contribution is 2.44. The van der Waals surface area contributed by atoms with E-state index in [9.17, 15) is 14.7 Å². The number of fused-ring (bicyclic) bond motifs is 3. The number of hydrogen-bond donors (Lipinski definition) is 2. The van der Waals surface area contributed by atoms with E-state index in [0.717, 1.165) is 39.1 Å². The molecule has 0 fully saturated rings. The van der Waals surface area contributed by atoms with Gasteiger partial charge in [-0.3, -0.25) is 4.98 Å². The first-order valence-electron chi connectivity index (χ1n) is 12.0. The van der Waals surface area contributed by atoms with Crippen molar-refractivity contribution in [1.29, 1.82) is 0 Å². The fraction of sp³-hybridized carbons (Fsp3) is 0.167. The van der Waals surface area contributed by atoms with Crippen molar-refractivity contribution in [3.8, 4) is 28.1 Å². The zero-order valence-corrected chi connectivity index (χ0v) is 20.3. The lowest BCUT2D eigenvalue weighted by molar-refractivity contribution is -0.139. The van der Waals surface area contributed by atoms with E-state index in [2.05, 4.69) is 22.4 Å². The second-order valence-electron chi connectivity index (χ2n) is 8.84. The van der Waals surface area contributed by atoms with Crippen molar-refractivity contribution in [2.75, 3.05) is 13.7 Å². The molecule has 7 heteroatoms. The fourth-order valence-electron chi connectivity index (χ4n) is 4.73. The Morgan fingerprint density at radius 3 is 2.22 bits per heavy atom. The molecule has 0 saturated carbocycles. The number of hydrogen-bond acceptors (Lipinski definition) is 5. The summed E-state index contributed by atoms with van der Waals surface area (Å²) in [5, 5.41) is 12.2. The fourth-order valence-corrected chi connectivity index (χ4v) is 4.73. The van der Waals surface area contributed by atoms with Crippen LogP contribution < -0.4 is 10.1 Å². The topological polar surface area (TPSA) is 97.8 Å². The van der Waals surface area contributed by atoms with Crippen molar-refractivity contribution in [2.24, 2.45) is 0 Å². The number of carboxylic acid groups (broad SMARTS) is 1. The number of alkyl carbamates (subject to hydrolysis) is 1. The number of rotatable bonds is 8. The first kappa shape index (κ1) is 24.1. The van der Waals surface area contributed by atoms with Gasteiger partial charge in [0.2, 0.25) is 0 Å². The Labute approximate surface area is 214 Å². The Morgan fingerprint density at radius 1 is 0.946 bits per heavy atom. The molecule has 0 saturated heterocycles. The predicted molar refractivity (Wildman–Crippen MR) is 140 cm³/mol. The van der Waals surface area contributed by atoms with Crippen molar-refractivity contribution >= 4 is 12.1 Å². The van der Waals surface area contributed by atoms with E-state index in [-0.39, 0.29) is 18.9 Å². The van der Waals surface area contributed by atoms with Crippen molar-refractivity contribution < 1.29 is 24.2 Å². The highest BCUT2D eigenvalue weighted by molar-refractivity contribution is 5.81. The minimum absolute atomic E-state index is 0.0980. The standard InChI is InChI=1S/C30H26N2O5/c1-36-21-14-15-31-27(17-21)20-12-10-19(11-13-20)16-28(29(33)34)32-30(35)37-18-26-24-8-4-2-6-22(24)23-7-3-5-9-25(23)26/h2-15,17,26,28H,16,18H2,1H3,(H,32,35)(H,33,34)/t28-/m0/s1. The zero-order chi connectivity index (χ0) is 25.8. The maximum Gasteiger partial charge on any atom is 0.407 e. The number of carboxylic acids is 1. The SMILES string of the molecule is COc1ccnc(-c2ccc(C[C@H](NC(=O)OCC3c4ccccc4-c4ccccc43)C(=O)O)cc2)c1. The first-order valence-corrected chi connectivity index (χ1v) is 12.0. The molecule has 0 spiro atoms. The minimum atomic E-state index is -1.13. The van der Waals surface area contributed by atoms with Gasteiger partial charge < -0.3 is 19.9 Å². The number of amides is 1. The molecule has 1 aromatic heterocycles. The van der Waals surface area contributed by atoms with Crippen molar-refractivity contribution in [1.82, 2.24) is 10.3 Å². The normalized spacial score (nSPS) is 12.8. The number of carbonyl (C=O) groups is 2. The number of pyridine rings is 1. The number of nitrogens with zero attached hydrogens (tertiary/aromatic N) is 1. The molecular formula is C30H26N2O5. The molecule has 7 nitrogen and oxygen atoms in total. The molecule has 1 heterocycles. The number of carbonyl (C=O) groups excluding carboxylic acids is 1. The van der Waals surface area contributed by atoms with E-state index in [1.165, 1.54) is 0 Å². The highest BCUT2D eigenvalue weighted by atomic mass is 16.5. The largest absolute Gasteiger partial charge is 0.497 e. The number of aliphatic carboxylic acids is 1. The maximum absolute atomic E-state index is 12.6. The van der Waals surface area contributed by atoms with E-state index in [1.807, 2.05) is 66.7 Å². The van der Waals surface area contributed by atoms with E-state index >= 15 is 0 Å². The van der Waals surface area contributed by atoms with Crippen LogP contribution in [0, 0.1) is 0 Å². The molecule has 1 amide bonds. The molecular weight excluding hydrogens is 468 g/mol. The average Bonchev–Trinajstić information content (AvgIpc) is 3.25. The summed E-state index contributed by atoms with van der Waals surface area (Å²) in [6.45, 7) is 0.119. The summed E-state index contributed by atoms with van der Waals surface area (Å²) in [6, 6.07) is 25.9. The van der Waals surface area contributed by atoms with Crippen molar-refractivity contribution in [2.45, 2.75) is 18.4 Å². The quantitative estimate of drug-likeness (QED) is 0.345. The minimum Gasteiger partial charge on any atom is -0.497 e. The van der Waals surface area contributed by atoms with Gasteiger partial charge in [-0.05, 0) is 33.9 Å². The van der Waals surface area contributed by atoms with Crippen LogP contribution in [0.1, 0.15) is 22.6 Å². The molecule has 3 aromatic carbocycles. The third kappa shape index (κ3) is 5.16. The van der Waals surface area contributed by atoms with Crippen LogP contribution in [0.5, 0.6) is 5.75 Å². The highest BCUT2D eigenvalue weighted by Gasteiger charge is 2.29. The van der Waals surface area contributed by atoms with E-state index in [1.54, 1.807) is 19.4 Å². The van der Waals surface area contributed by atoms with Crippen LogP contribution in [0.25, 0.3) is 22.4 Å². The Hall–Kier alpha value is -4.65. The average molecular weight is 495 g/mol. The van der Waals surface area contributed by atoms with Crippen molar-refractivity contribution in [3.63, 3.8) is 0 Å². The van der Waals surface area contributed by atoms with Crippen molar-refractivity contribution in [3.05, 3.63) is 108 Å². The van der Waals surface area contributed by atoms with Gasteiger partial charge in [0, 0.05) is 30.2 Å². The van der Waals surface area contributed by atoms with Gasteiger partial charge in [-0.2, -0.15) is 0 Å². The predicted octanol–water partition coefficient (Wildman–Crippen LogP) is 5.29.